The molecule has 1 heterocycles. The maximum atomic E-state index is 12.8. The number of carbonyl (C=O) groups excluding carboxylic acids is 1. The number of hydrogen-bond donors (Lipinski definition) is 1. The molecule has 0 atom stereocenters. The normalized spacial score (nSPS) is 11.0. The van der Waals surface area contributed by atoms with Crippen LogP contribution in [-0.4, -0.2) is 15.7 Å². The highest BCUT2D eigenvalue weighted by Crippen LogP contribution is 2.33. The molecule has 8 heteroatoms. The number of nitriles is 1. The van der Waals surface area contributed by atoms with E-state index in [1.807, 2.05) is 6.92 Å². The highest BCUT2D eigenvalue weighted by atomic mass is 19.4. The second-order valence-corrected chi connectivity index (χ2v) is 4.41. The summed E-state index contributed by atoms with van der Waals surface area (Å²) in [4.78, 5) is 11.9. The van der Waals surface area contributed by atoms with E-state index >= 15 is 0 Å². The average Bonchev–Trinajstić information content (AvgIpc) is 2.95. The van der Waals surface area contributed by atoms with Gasteiger partial charge in [-0.15, -0.1) is 0 Å². The SMILES string of the molecule is CCn1cc(C(=O)Nc2ccc(C#N)c(C(F)(F)F)c2)cn1. The van der Waals surface area contributed by atoms with Crippen molar-refractivity contribution in [1.29, 1.82) is 5.26 Å². The molecule has 1 aromatic heterocycles. The number of anilines is 1. The van der Waals surface area contributed by atoms with Crippen molar-refractivity contribution in [3.05, 3.63) is 47.3 Å². The lowest BCUT2D eigenvalue weighted by atomic mass is 10.1. The topological polar surface area (TPSA) is 70.7 Å². The van der Waals surface area contributed by atoms with Crippen LogP contribution >= 0.6 is 0 Å². The summed E-state index contributed by atoms with van der Waals surface area (Å²) >= 11 is 0. The number of nitrogens with one attached hydrogen (secondary N) is 1. The van der Waals surface area contributed by atoms with Crippen LogP contribution in [0.3, 0.4) is 0 Å². The second kappa shape index (κ2) is 5.89. The van der Waals surface area contributed by atoms with Crippen molar-refractivity contribution in [2.45, 2.75) is 19.6 Å². The van der Waals surface area contributed by atoms with Crippen LogP contribution in [0.25, 0.3) is 0 Å². The van der Waals surface area contributed by atoms with Crippen LogP contribution < -0.4 is 5.32 Å². The summed E-state index contributed by atoms with van der Waals surface area (Å²) in [6, 6.07) is 4.48. The number of aromatic nitrogens is 2. The second-order valence-electron chi connectivity index (χ2n) is 4.41. The van der Waals surface area contributed by atoms with Crippen LogP contribution in [0.15, 0.2) is 30.6 Å². The van der Waals surface area contributed by atoms with Gasteiger partial charge in [0.1, 0.15) is 0 Å². The van der Waals surface area contributed by atoms with Gasteiger partial charge < -0.3 is 5.32 Å². The Morgan fingerprint density at radius 3 is 2.73 bits per heavy atom. The molecule has 1 amide bonds. The van der Waals surface area contributed by atoms with Gasteiger partial charge in [-0.3, -0.25) is 9.48 Å². The van der Waals surface area contributed by atoms with Crippen molar-refractivity contribution >= 4 is 11.6 Å². The maximum Gasteiger partial charge on any atom is 0.417 e. The molecule has 22 heavy (non-hydrogen) atoms. The van der Waals surface area contributed by atoms with E-state index < -0.39 is 23.2 Å². The highest BCUT2D eigenvalue weighted by Gasteiger charge is 2.34. The van der Waals surface area contributed by atoms with E-state index in [-0.39, 0.29) is 11.3 Å². The highest BCUT2D eigenvalue weighted by molar-refractivity contribution is 6.04. The van der Waals surface area contributed by atoms with Gasteiger partial charge in [0.2, 0.25) is 0 Å². The molecule has 0 aliphatic rings. The molecule has 0 saturated heterocycles. The summed E-state index contributed by atoms with van der Waals surface area (Å²) < 4.78 is 40.1. The fourth-order valence-electron chi connectivity index (χ4n) is 1.81. The predicted octanol–water partition coefficient (Wildman–Crippen LogP) is 3.05. The number of carbonyl (C=O) groups is 1. The van der Waals surface area contributed by atoms with Crippen molar-refractivity contribution in [3.8, 4) is 6.07 Å². The summed E-state index contributed by atoms with van der Waals surface area (Å²) in [5.41, 5.74) is -1.39. The number of aryl methyl sites for hydroxylation is 1. The monoisotopic (exact) mass is 308 g/mol. The molecule has 0 saturated carbocycles. The Bertz CT molecular complexity index is 743. The molecule has 2 rings (SSSR count). The van der Waals surface area contributed by atoms with Crippen LogP contribution in [-0.2, 0) is 12.7 Å². The molecular formula is C14H11F3N4O. The quantitative estimate of drug-likeness (QED) is 0.947. The van der Waals surface area contributed by atoms with Gasteiger partial charge in [0.25, 0.3) is 5.91 Å². The number of alkyl halides is 3. The fourth-order valence-corrected chi connectivity index (χ4v) is 1.81. The molecule has 0 bridgehead atoms. The average molecular weight is 308 g/mol. The van der Waals surface area contributed by atoms with E-state index in [9.17, 15) is 18.0 Å². The lowest BCUT2D eigenvalue weighted by molar-refractivity contribution is -0.137. The lowest BCUT2D eigenvalue weighted by Gasteiger charge is -2.11. The molecule has 0 radical (unpaired) electrons. The zero-order valence-corrected chi connectivity index (χ0v) is 11.5. The Morgan fingerprint density at radius 2 is 2.18 bits per heavy atom. The van der Waals surface area contributed by atoms with Crippen LogP contribution in [0.5, 0.6) is 0 Å². The molecule has 1 aromatic carbocycles. The minimum absolute atomic E-state index is 0.0411. The largest absolute Gasteiger partial charge is 0.417 e. The van der Waals surface area contributed by atoms with Gasteiger partial charge in [-0.1, -0.05) is 0 Å². The van der Waals surface area contributed by atoms with Crippen molar-refractivity contribution < 1.29 is 18.0 Å². The maximum absolute atomic E-state index is 12.8. The van der Waals surface area contributed by atoms with Gasteiger partial charge in [-0.05, 0) is 25.1 Å². The number of hydrogen-bond acceptors (Lipinski definition) is 3. The fraction of sp³-hybridized carbons (Fsp3) is 0.214. The van der Waals surface area contributed by atoms with Gasteiger partial charge >= 0.3 is 6.18 Å². The van der Waals surface area contributed by atoms with E-state index in [1.54, 1.807) is 0 Å². The van der Waals surface area contributed by atoms with E-state index in [0.29, 0.717) is 6.54 Å². The third kappa shape index (κ3) is 3.25. The molecular weight excluding hydrogens is 297 g/mol. The smallest absolute Gasteiger partial charge is 0.322 e. The Kier molecular flexibility index (Phi) is 4.17. The van der Waals surface area contributed by atoms with Crippen LogP contribution in [0.1, 0.15) is 28.4 Å². The predicted molar refractivity (Wildman–Crippen MR) is 72.0 cm³/mol. The minimum Gasteiger partial charge on any atom is -0.322 e. The van der Waals surface area contributed by atoms with Gasteiger partial charge in [0.05, 0.1) is 29.0 Å². The van der Waals surface area contributed by atoms with Crippen LogP contribution in [0.2, 0.25) is 0 Å². The molecule has 0 fully saturated rings. The summed E-state index contributed by atoms with van der Waals surface area (Å²) in [5, 5.41) is 15.0. The molecule has 0 aliphatic heterocycles. The zero-order valence-electron chi connectivity index (χ0n) is 11.5. The molecule has 0 spiro atoms. The number of benzene rings is 1. The first-order chi connectivity index (χ1) is 10.3. The minimum atomic E-state index is -4.67. The standard InChI is InChI=1S/C14H11F3N4O/c1-2-21-8-10(7-19-21)13(22)20-11-4-3-9(6-18)12(5-11)14(15,16)17/h3-5,7-8H,2H2,1H3,(H,20,22). The summed E-state index contributed by atoms with van der Waals surface area (Å²) in [6.07, 6.45) is -1.85. The van der Waals surface area contributed by atoms with E-state index in [4.69, 9.17) is 5.26 Å². The Morgan fingerprint density at radius 1 is 1.45 bits per heavy atom. The lowest BCUT2D eigenvalue weighted by Crippen LogP contribution is -2.13. The van der Waals surface area contributed by atoms with Crippen LogP contribution in [0, 0.1) is 11.3 Å². The molecule has 0 aliphatic carbocycles. The number of amides is 1. The third-order valence-corrected chi connectivity index (χ3v) is 2.92. The van der Waals surface area contributed by atoms with Gasteiger partial charge in [-0.2, -0.15) is 23.5 Å². The summed E-state index contributed by atoms with van der Waals surface area (Å²) in [5.74, 6) is -0.572. The first-order valence-corrected chi connectivity index (χ1v) is 6.30. The molecule has 5 nitrogen and oxygen atoms in total. The van der Waals surface area contributed by atoms with E-state index in [2.05, 4.69) is 10.4 Å². The van der Waals surface area contributed by atoms with Crippen molar-refractivity contribution in [1.82, 2.24) is 9.78 Å². The van der Waals surface area contributed by atoms with Gasteiger partial charge in [-0.25, -0.2) is 0 Å². The first kappa shape index (κ1) is 15.6. The third-order valence-electron chi connectivity index (χ3n) is 2.92. The molecule has 0 unspecified atom stereocenters. The Hall–Kier alpha value is -2.82. The number of rotatable bonds is 3. The molecule has 1 N–H and O–H groups in total. The first-order valence-electron chi connectivity index (χ1n) is 6.30. The molecule has 114 valence electrons. The van der Waals surface area contributed by atoms with E-state index in [0.717, 1.165) is 12.1 Å². The van der Waals surface area contributed by atoms with Crippen molar-refractivity contribution in [2.75, 3.05) is 5.32 Å². The number of nitrogens with zero attached hydrogens (tertiary/aromatic N) is 3. The van der Waals surface area contributed by atoms with Gasteiger partial charge in [0.15, 0.2) is 0 Å². The number of halogens is 3. The summed E-state index contributed by atoms with van der Waals surface area (Å²) in [6.45, 7) is 2.41. The zero-order chi connectivity index (χ0) is 16.3. The summed E-state index contributed by atoms with van der Waals surface area (Å²) in [7, 11) is 0. The van der Waals surface area contributed by atoms with Crippen molar-refractivity contribution in [2.24, 2.45) is 0 Å². The van der Waals surface area contributed by atoms with E-state index in [1.165, 1.54) is 29.2 Å². The van der Waals surface area contributed by atoms with Crippen LogP contribution in [0.4, 0.5) is 18.9 Å². The molecule has 2 aromatic rings. The Labute approximate surface area is 124 Å². The van der Waals surface area contributed by atoms with Crippen molar-refractivity contribution in [3.63, 3.8) is 0 Å². The van der Waals surface area contributed by atoms with Gasteiger partial charge in [0, 0.05) is 18.4 Å². The Balaban J connectivity index is 2.27.